The zero-order chi connectivity index (χ0) is 17.3. The summed E-state index contributed by atoms with van der Waals surface area (Å²) in [5.41, 5.74) is 1.28. The van der Waals surface area contributed by atoms with Crippen LogP contribution in [0.2, 0.25) is 0 Å². The van der Waals surface area contributed by atoms with E-state index in [1.165, 1.54) is 44.3 Å². The van der Waals surface area contributed by atoms with Crippen LogP contribution < -0.4 is 9.46 Å². The minimum atomic E-state index is -3.21. The maximum Gasteiger partial charge on any atom is 0.230 e. The lowest BCUT2D eigenvalue weighted by molar-refractivity contribution is 0.220. The monoisotopic (exact) mass is 353 g/mol. The molecule has 1 aromatic carbocycles. The van der Waals surface area contributed by atoms with Crippen LogP contribution >= 0.6 is 0 Å². The molecule has 0 saturated carbocycles. The molecule has 1 aliphatic rings. The number of nitrogens with one attached hydrogen (secondary N) is 1. The normalized spacial score (nSPS) is 16.4. The van der Waals surface area contributed by atoms with Gasteiger partial charge < -0.3 is 4.74 Å². The highest BCUT2D eigenvalue weighted by Gasteiger charge is 2.10. The number of hydrogen-bond donors (Lipinski definition) is 1. The molecular formula is C17H27N3O3S. The Bertz CT molecular complexity index is 626. The van der Waals surface area contributed by atoms with E-state index in [0.717, 1.165) is 25.0 Å². The molecule has 0 unspecified atom stereocenters. The van der Waals surface area contributed by atoms with Gasteiger partial charge in [-0.2, -0.15) is 0 Å². The fourth-order valence-corrected chi connectivity index (χ4v) is 2.92. The van der Waals surface area contributed by atoms with Gasteiger partial charge in [0.05, 0.1) is 19.2 Å². The van der Waals surface area contributed by atoms with E-state index in [9.17, 15) is 8.42 Å². The summed E-state index contributed by atoms with van der Waals surface area (Å²) in [6, 6.07) is 8.24. The molecule has 1 aromatic rings. The Morgan fingerprint density at radius 1 is 1.29 bits per heavy atom. The molecule has 2 rings (SSSR count). The number of rotatable bonds is 9. The van der Waals surface area contributed by atoms with Gasteiger partial charge in [0.2, 0.25) is 10.0 Å². The van der Waals surface area contributed by atoms with Crippen molar-refractivity contribution in [3.05, 3.63) is 29.8 Å². The van der Waals surface area contributed by atoms with Crippen LogP contribution in [0.15, 0.2) is 29.3 Å². The van der Waals surface area contributed by atoms with Gasteiger partial charge in [-0.15, -0.1) is 0 Å². The number of ether oxygens (including phenoxy) is 1. The van der Waals surface area contributed by atoms with Crippen LogP contribution in [-0.4, -0.2) is 52.2 Å². The van der Waals surface area contributed by atoms with E-state index in [1.54, 1.807) is 0 Å². The lowest BCUT2D eigenvalue weighted by atomic mass is 10.1. The molecular weight excluding hydrogens is 326 g/mol. The van der Waals surface area contributed by atoms with Gasteiger partial charge in [0, 0.05) is 19.5 Å². The summed E-state index contributed by atoms with van der Waals surface area (Å²) >= 11 is 0. The van der Waals surface area contributed by atoms with Gasteiger partial charge in [-0.1, -0.05) is 18.6 Å². The van der Waals surface area contributed by atoms with Crippen molar-refractivity contribution >= 4 is 16.4 Å². The first-order valence-electron chi connectivity index (χ1n) is 8.43. The van der Waals surface area contributed by atoms with Gasteiger partial charge in [0.1, 0.15) is 5.75 Å². The summed E-state index contributed by atoms with van der Waals surface area (Å²) in [7, 11) is -3.21. The Morgan fingerprint density at radius 3 is 2.83 bits per heavy atom. The van der Waals surface area contributed by atoms with E-state index < -0.39 is 10.0 Å². The minimum Gasteiger partial charge on any atom is -0.494 e. The number of aliphatic imine (C=N–C) groups is 1. The number of hydrogen-bond acceptors (Lipinski definition) is 5. The number of sulfonamides is 1. The lowest BCUT2D eigenvalue weighted by Crippen LogP contribution is -2.29. The number of piperidine rings is 1. The number of nitrogens with zero attached hydrogens (tertiary/aromatic N) is 2. The van der Waals surface area contributed by atoms with Crippen LogP contribution in [0.3, 0.4) is 0 Å². The molecule has 0 radical (unpaired) electrons. The summed E-state index contributed by atoms with van der Waals surface area (Å²) < 4.78 is 29.7. The van der Waals surface area contributed by atoms with Crippen LogP contribution in [0.4, 0.5) is 0 Å². The molecule has 1 heterocycles. The molecule has 0 amide bonds. The molecule has 0 spiro atoms. The van der Waals surface area contributed by atoms with Crippen molar-refractivity contribution in [1.29, 1.82) is 0 Å². The summed E-state index contributed by atoms with van der Waals surface area (Å²) in [6.45, 7) is 4.44. The van der Waals surface area contributed by atoms with Gasteiger partial charge in [-0.3, -0.25) is 14.6 Å². The van der Waals surface area contributed by atoms with Gasteiger partial charge in [-0.25, -0.2) is 8.42 Å². The Morgan fingerprint density at radius 2 is 2.08 bits per heavy atom. The van der Waals surface area contributed by atoms with Crippen molar-refractivity contribution in [2.75, 3.05) is 32.5 Å². The zero-order valence-corrected chi connectivity index (χ0v) is 15.1. The molecule has 1 saturated heterocycles. The van der Waals surface area contributed by atoms with Crippen LogP contribution in [0.5, 0.6) is 5.75 Å². The van der Waals surface area contributed by atoms with Crippen LogP contribution in [0, 0.1) is 0 Å². The smallest absolute Gasteiger partial charge is 0.230 e. The summed E-state index contributed by atoms with van der Waals surface area (Å²) in [5, 5.41) is 0. The third kappa shape index (κ3) is 7.79. The van der Waals surface area contributed by atoms with Crippen molar-refractivity contribution in [2.24, 2.45) is 4.99 Å². The average Bonchev–Trinajstić information content (AvgIpc) is 2.54. The molecule has 24 heavy (non-hydrogen) atoms. The van der Waals surface area contributed by atoms with Crippen molar-refractivity contribution in [2.45, 2.75) is 32.2 Å². The molecule has 6 nitrogen and oxygen atoms in total. The Hall–Kier alpha value is -1.60. The molecule has 0 aliphatic carbocycles. The van der Waals surface area contributed by atoms with Gasteiger partial charge in [-0.05, 0) is 43.6 Å². The van der Waals surface area contributed by atoms with Crippen molar-refractivity contribution < 1.29 is 13.2 Å². The van der Waals surface area contributed by atoms with E-state index in [-0.39, 0.29) is 0 Å². The fourth-order valence-electron chi connectivity index (χ4n) is 2.65. The average molecular weight is 353 g/mol. The second-order valence-corrected chi connectivity index (χ2v) is 7.89. The number of benzene rings is 1. The van der Waals surface area contributed by atoms with E-state index in [2.05, 4.69) is 26.7 Å². The SMILES string of the molecule is CS(=O)(=O)NC=NCCCOc1cccc(CN2CCCCC2)c1. The van der Waals surface area contributed by atoms with E-state index in [1.807, 2.05) is 12.1 Å². The predicted molar refractivity (Wildman–Crippen MR) is 97.0 cm³/mol. The third-order valence-corrected chi connectivity index (χ3v) is 4.35. The molecule has 7 heteroatoms. The quantitative estimate of drug-likeness (QED) is 0.419. The third-order valence-electron chi connectivity index (χ3n) is 3.81. The lowest BCUT2D eigenvalue weighted by Gasteiger charge is -2.26. The molecule has 0 atom stereocenters. The van der Waals surface area contributed by atoms with Crippen molar-refractivity contribution in [3.8, 4) is 5.75 Å². The highest BCUT2D eigenvalue weighted by Crippen LogP contribution is 2.17. The van der Waals surface area contributed by atoms with Crippen molar-refractivity contribution in [1.82, 2.24) is 9.62 Å². The second kappa shape index (κ2) is 9.64. The number of likely N-dealkylation sites (tertiary alicyclic amines) is 1. The maximum atomic E-state index is 10.8. The Kier molecular flexibility index (Phi) is 7.52. The first-order valence-corrected chi connectivity index (χ1v) is 10.3. The first kappa shape index (κ1) is 18.7. The highest BCUT2D eigenvalue weighted by atomic mass is 32.2. The Balaban J connectivity index is 1.68. The maximum absolute atomic E-state index is 10.8. The van der Waals surface area contributed by atoms with Crippen LogP contribution in [0.1, 0.15) is 31.2 Å². The largest absolute Gasteiger partial charge is 0.494 e. The summed E-state index contributed by atoms with van der Waals surface area (Å²) in [6.07, 6.45) is 6.99. The first-order chi connectivity index (χ1) is 11.5. The molecule has 134 valence electrons. The fraction of sp³-hybridized carbons (Fsp3) is 0.588. The van der Waals surface area contributed by atoms with E-state index in [4.69, 9.17) is 4.74 Å². The highest BCUT2D eigenvalue weighted by molar-refractivity contribution is 7.89. The van der Waals surface area contributed by atoms with Crippen LogP contribution in [0.25, 0.3) is 0 Å². The molecule has 1 N–H and O–H groups in total. The molecule has 0 bridgehead atoms. The van der Waals surface area contributed by atoms with Gasteiger partial charge in [0.25, 0.3) is 0 Å². The standard InChI is InChI=1S/C17H27N3O3S/c1-24(21,22)19-15-18-9-6-12-23-17-8-5-7-16(13-17)14-20-10-3-2-4-11-20/h5,7-8,13,15H,2-4,6,9-12,14H2,1H3,(H,18,19). The van der Waals surface area contributed by atoms with Crippen molar-refractivity contribution in [3.63, 3.8) is 0 Å². The molecule has 1 fully saturated rings. The van der Waals surface area contributed by atoms with E-state index >= 15 is 0 Å². The second-order valence-electron chi connectivity index (χ2n) is 6.11. The predicted octanol–water partition coefficient (Wildman–Crippen LogP) is 2.02. The topological polar surface area (TPSA) is 71.0 Å². The molecule has 1 aliphatic heterocycles. The molecule has 0 aromatic heterocycles. The van der Waals surface area contributed by atoms with Gasteiger partial charge in [0.15, 0.2) is 0 Å². The zero-order valence-electron chi connectivity index (χ0n) is 14.3. The minimum absolute atomic E-state index is 0.524. The summed E-state index contributed by atoms with van der Waals surface area (Å²) in [5.74, 6) is 0.878. The Labute approximate surface area is 145 Å². The van der Waals surface area contributed by atoms with Gasteiger partial charge >= 0.3 is 0 Å². The summed E-state index contributed by atoms with van der Waals surface area (Å²) in [4.78, 5) is 6.47. The van der Waals surface area contributed by atoms with E-state index in [0.29, 0.717) is 13.2 Å². The van der Waals surface area contributed by atoms with Crippen LogP contribution in [-0.2, 0) is 16.6 Å².